The molecule has 0 saturated carbocycles. The van der Waals surface area contributed by atoms with Crippen LogP contribution in [0.5, 0.6) is 0 Å². The third kappa shape index (κ3) is 2.84. The Morgan fingerprint density at radius 1 is 1.08 bits per heavy atom. The molecule has 0 saturated heterocycles. The lowest BCUT2D eigenvalue weighted by atomic mass is 10.2. The first-order valence-corrected chi connectivity index (χ1v) is 9.29. The van der Waals surface area contributed by atoms with Gasteiger partial charge in [-0.2, -0.15) is 0 Å². The highest BCUT2D eigenvalue weighted by atomic mass is 32.3. The molecule has 5 nitrogen and oxygen atoms in total. The topological polar surface area (TPSA) is 59.0 Å². The lowest BCUT2D eigenvalue weighted by Gasteiger charge is -2.43. The van der Waals surface area contributed by atoms with Crippen molar-refractivity contribution in [3.05, 3.63) is 53.8 Å². The van der Waals surface area contributed by atoms with Crippen molar-refractivity contribution in [1.82, 2.24) is 5.32 Å². The summed E-state index contributed by atoms with van der Waals surface area (Å²) in [5.74, 6) is -0.471. The van der Waals surface area contributed by atoms with Gasteiger partial charge in [0.2, 0.25) is 0 Å². The maximum atomic E-state index is 14.5. The van der Waals surface area contributed by atoms with E-state index in [1.165, 1.54) is 10.4 Å². The Hall–Kier alpha value is -1.80. The third-order valence-electron chi connectivity index (χ3n) is 4.02. The molecule has 0 aromatic heterocycles. The van der Waals surface area contributed by atoms with Gasteiger partial charge in [-0.15, -0.1) is 0 Å². The Balaban J connectivity index is 2.06. The number of benzene rings is 2. The van der Waals surface area contributed by atoms with E-state index < -0.39 is 16.8 Å². The quantitative estimate of drug-likeness (QED) is 0.702. The number of halogens is 1. The minimum atomic E-state index is -3.36. The Labute approximate surface area is 143 Å². The molecule has 1 aliphatic rings. The summed E-state index contributed by atoms with van der Waals surface area (Å²) in [5, 5.41) is 3.05. The maximum absolute atomic E-state index is 14.5. The smallest absolute Gasteiger partial charge is 0.148 e. The second-order valence-electron chi connectivity index (χ2n) is 5.79. The van der Waals surface area contributed by atoms with Gasteiger partial charge in [0.1, 0.15) is 11.5 Å². The Bertz CT molecular complexity index is 742. The summed E-state index contributed by atoms with van der Waals surface area (Å²) in [6.07, 6.45) is 0.741. The standard InChI is InChI=1S/C17H22FN3O2S/c1-13-8-9-15(14(18)12-13)21-17-7-4-3-6-16(17)20(24(21,22)23)11-5-10-19-2/h3-4,6-9,12,19,22-23H,5,10-11H2,1-2H3. The van der Waals surface area contributed by atoms with Crippen molar-refractivity contribution in [2.24, 2.45) is 0 Å². The molecule has 0 aliphatic carbocycles. The molecule has 0 unspecified atom stereocenters. The normalized spacial score (nSPS) is 17.0. The molecule has 0 amide bonds. The lowest BCUT2D eigenvalue weighted by molar-refractivity contribution is 0.482. The minimum Gasteiger partial charge on any atom is -0.320 e. The van der Waals surface area contributed by atoms with Gasteiger partial charge in [0.15, 0.2) is 0 Å². The van der Waals surface area contributed by atoms with Crippen LogP contribution < -0.4 is 13.9 Å². The van der Waals surface area contributed by atoms with Crippen LogP contribution in [0.3, 0.4) is 0 Å². The summed E-state index contributed by atoms with van der Waals surface area (Å²) >= 11 is 0. The van der Waals surface area contributed by atoms with Crippen LogP contribution in [0.15, 0.2) is 42.5 Å². The van der Waals surface area contributed by atoms with Crippen LogP contribution in [0.25, 0.3) is 0 Å². The second-order valence-corrected chi connectivity index (χ2v) is 7.57. The molecule has 7 heteroatoms. The predicted molar refractivity (Wildman–Crippen MR) is 98.5 cm³/mol. The van der Waals surface area contributed by atoms with Gasteiger partial charge in [0, 0.05) is 6.54 Å². The van der Waals surface area contributed by atoms with Gasteiger partial charge in [0.05, 0.1) is 11.4 Å². The fraction of sp³-hybridized carbons (Fsp3) is 0.294. The van der Waals surface area contributed by atoms with Gasteiger partial charge >= 0.3 is 0 Å². The van der Waals surface area contributed by atoms with Crippen molar-refractivity contribution >= 4 is 28.0 Å². The number of nitrogens with one attached hydrogen (secondary N) is 1. The molecule has 1 heterocycles. The number of para-hydroxylation sites is 2. The van der Waals surface area contributed by atoms with Crippen LogP contribution in [-0.2, 0) is 0 Å². The van der Waals surface area contributed by atoms with Gasteiger partial charge in [-0.1, -0.05) is 18.2 Å². The van der Waals surface area contributed by atoms with E-state index in [0.717, 1.165) is 18.5 Å². The fourth-order valence-corrected chi connectivity index (χ4v) is 4.71. The molecule has 130 valence electrons. The molecule has 3 N–H and O–H groups in total. The van der Waals surface area contributed by atoms with Crippen LogP contribution in [0.2, 0.25) is 0 Å². The molecule has 3 rings (SSSR count). The number of nitrogens with zero attached hydrogens (tertiary/aromatic N) is 2. The van der Waals surface area contributed by atoms with Crippen molar-refractivity contribution in [3.8, 4) is 0 Å². The van der Waals surface area contributed by atoms with Gasteiger partial charge in [-0.3, -0.25) is 13.4 Å². The van der Waals surface area contributed by atoms with E-state index >= 15 is 0 Å². The van der Waals surface area contributed by atoms with E-state index in [-0.39, 0.29) is 5.69 Å². The van der Waals surface area contributed by atoms with E-state index in [1.807, 2.05) is 25.2 Å². The molecular formula is C17H22FN3O2S. The Morgan fingerprint density at radius 3 is 2.46 bits per heavy atom. The number of hydrogen-bond donors (Lipinski definition) is 3. The van der Waals surface area contributed by atoms with E-state index in [9.17, 15) is 13.5 Å². The zero-order valence-electron chi connectivity index (χ0n) is 13.7. The van der Waals surface area contributed by atoms with Crippen molar-refractivity contribution in [3.63, 3.8) is 0 Å². The molecule has 0 fully saturated rings. The fourth-order valence-electron chi connectivity index (χ4n) is 2.89. The largest absolute Gasteiger partial charge is 0.320 e. The second kappa shape index (κ2) is 6.60. The summed E-state index contributed by atoms with van der Waals surface area (Å²) in [6, 6.07) is 12.0. The summed E-state index contributed by atoms with van der Waals surface area (Å²) < 4.78 is 39.1. The van der Waals surface area contributed by atoms with Crippen LogP contribution in [0.4, 0.5) is 21.5 Å². The SMILES string of the molecule is CNCCCN1c2ccccc2N(c2ccc(C)cc2F)S1(O)O. The number of anilines is 3. The lowest BCUT2D eigenvalue weighted by Crippen LogP contribution is -2.33. The Kier molecular flexibility index (Phi) is 4.69. The molecule has 0 radical (unpaired) electrons. The predicted octanol–water partition coefficient (Wildman–Crippen LogP) is 4.28. The first kappa shape index (κ1) is 17.0. The van der Waals surface area contributed by atoms with Crippen LogP contribution in [0.1, 0.15) is 12.0 Å². The average molecular weight is 351 g/mol. The zero-order chi connectivity index (χ0) is 17.3. The first-order chi connectivity index (χ1) is 11.5. The molecule has 0 atom stereocenters. The van der Waals surface area contributed by atoms with Gasteiger partial charge in [-0.05, 0) is 67.7 Å². The van der Waals surface area contributed by atoms with E-state index in [4.69, 9.17) is 0 Å². The van der Waals surface area contributed by atoms with Gasteiger partial charge in [0.25, 0.3) is 0 Å². The summed E-state index contributed by atoms with van der Waals surface area (Å²) in [4.78, 5) is 0. The van der Waals surface area contributed by atoms with Crippen molar-refractivity contribution in [2.75, 3.05) is 28.7 Å². The summed E-state index contributed by atoms with van der Waals surface area (Å²) in [5.41, 5.74) is 2.26. The van der Waals surface area contributed by atoms with Crippen molar-refractivity contribution in [1.29, 1.82) is 0 Å². The van der Waals surface area contributed by atoms with Crippen molar-refractivity contribution in [2.45, 2.75) is 13.3 Å². The summed E-state index contributed by atoms with van der Waals surface area (Å²) in [7, 11) is -1.51. The zero-order valence-corrected chi connectivity index (χ0v) is 14.6. The molecule has 1 aliphatic heterocycles. The first-order valence-electron chi connectivity index (χ1n) is 7.83. The van der Waals surface area contributed by atoms with Crippen molar-refractivity contribution < 1.29 is 13.5 Å². The average Bonchev–Trinajstić information content (AvgIpc) is 2.76. The molecule has 2 aromatic rings. The highest BCUT2D eigenvalue weighted by molar-refractivity contribution is 8.27. The Morgan fingerprint density at radius 2 is 1.79 bits per heavy atom. The van der Waals surface area contributed by atoms with Crippen LogP contribution in [-0.4, -0.2) is 29.2 Å². The van der Waals surface area contributed by atoms with E-state index in [0.29, 0.717) is 17.9 Å². The van der Waals surface area contributed by atoms with Crippen LogP contribution in [0, 0.1) is 12.7 Å². The minimum absolute atomic E-state index is 0.171. The van der Waals surface area contributed by atoms with Crippen LogP contribution >= 0.6 is 11.0 Å². The van der Waals surface area contributed by atoms with E-state index in [1.54, 1.807) is 29.4 Å². The number of aryl methyl sites for hydroxylation is 1. The molecular weight excluding hydrogens is 329 g/mol. The van der Waals surface area contributed by atoms with Gasteiger partial charge in [-0.25, -0.2) is 8.70 Å². The number of rotatable bonds is 5. The molecule has 0 bridgehead atoms. The number of fused-ring (bicyclic) bond motifs is 1. The molecule has 0 spiro atoms. The summed E-state index contributed by atoms with van der Waals surface area (Å²) in [6.45, 7) is 3.02. The van der Waals surface area contributed by atoms with E-state index in [2.05, 4.69) is 5.32 Å². The number of hydrogen-bond acceptors (Lipinski definition) is 5. The monoisotopic (exact) mass is 351 g/mol. The molecule has 2 aromatic carbocycles. The van der Waals surface area contributed by atoms with Gasteiger partial charge < -0.3 is 5.32 Å². The maximum Gasteiger partial charge on any atom is 0.148 e. The highest BCUT2D eigenvalue weighted by Gasteiger charge is 2.42. The third-order valence-corrected chi connectivity index (χ3v) is 5.87. The highest BCUT2D eigenvalue weighted by Crippen LogP contribution is 2.64. The molecule has 24 heavy (non-hydrogen) atoms.